The van der Waals surface area contributed by atoms with Crippen LogP contribution in [0.4, 0.5) is 0 Å². The van der Waals surface area contributed by atoms with Gasteiger partial charge in [-0.1, -0.05) is 30.3 Å². The molecule has 0 amide bonds. The number of methoxy groups -OCH3 is 1. The first-order chi connectivity index (χ1) is 10.9. The largest absolute Gasteiger partial charge is 0.465 e. The number of nitrogens with one attached hydrogen (secondary N) is 1. The fourth-order valence-electron chi connectivity index (χ4n) is 1.90. The Kier molecular flexibility index (Phi) is 5.13. The second-order valence-corrected chi connectivity index (χ2v) is 6.36. The number of ether oxygens (including phenoxy) is 1. The Morgan fingerprint density at radius 3 is 2.39 bits per heavy atom. The predicted molar refractivity (Wildman–Crippen MR) is 86.9 cm³/mol. The number of sulfonamides is 1. The molecule has 0 spiro atoms. The SMILES string of the molecule is COC(=O)c1ccc(C=NNS(=O)(=O)c2ccccc2C)cc1. The Labute approximate surface area is 134 Å². The summed E-state index contributed by atoms with van der Waals surface area (Å²) in [6.45, 7) is 1.71. The van der Waals surface area contributed by atoms with Crippen LogP contribution in [-0.4, -0.2) is 27.7 Å². The van der Waals surface area contributed by atoms with Crippen molar-refractivity contribution in [2.24, 2.45) is 5.10 Å². The van der Waals surface area contributed by atoms with Crippen LogP contribution in [0.2, 0.25) is 0 Å². The predicted octanol–water partition coefficient (Wildman–Crippen LogP) is 2.09. The van der Waals surface area contributed by atoms with Gasteiger partial charge in [0.2, 0.25) is 0 Å². The van der Waals surface area contributed by atoms with Gasteiger partial charge in [0.15, 0.2) is 0 Å². The molecule has 0 radical (unpaired) electrons. The van der Waals surface area contributed by atoms with Gasteiger partial charge in [0, 0.05) is 0 Å². The molecule has 0 aliphatic rings. The van der Waals surface area contributed by atoms with Crippen LogP contribution in [0.3, 0.4) is 0 Å². The molecule has 120 valence electrons. The third kappa shape index (κ3) is 4.17. The quantitative estimate of drug-likeness (QED) is 0.516. The molecule has 0 fully saturated rings. The molecule has 0 saturated carbocycles. The highest BCUT2D eigenvalue weighted by molar-refractivity contribution is 7.89. The normalized spacial score (nSPS) is 11.4. The van der Waals surface area contributed by atoms with Crippen molar-refractivity contribution in [2.75, 3.05) is 7.11 Å². The summed E-state index contributed by atoms with van der Waals surface area (Å²) in [5, 5.41) is 3.75. The van der Waals surface area contributed by atoms with Gasteiger partial charge >= 0.3 is 5.97 Å². The minimum absolute atomic E-state index is 0.179. The Morgan fingerprint density at radius 2 is 1.78 bits per heavy atom. The van der Waals surface area contributed by atoms with Crippen LogP contribution in [0.1, 0.15) is 21.5 Å². The van der Waals surface area contributed by atoms with Gasteiger partial charge in [-0.25, -0.2) is 9.63 Å². The van der Waals surface area contributed by atoms with Crippen LogP contribution in [0, 0.1) is 6.92 Å². The number of hydrogen-bond donors (Lipinski definition) is 1. The van der Waals surface area contributed by atoms with Crippen molar-refractivity contribution in [2.45, 2.75) is 11.8 Å². The van der Waals surface area contributed by atoms with Crippen molar-refractivity contribution in [3.8, 4) is 0 Å². The summed E-state index contributed by atoms with van der Waals surface area (Å²) < 4.78 is 28.9. The minimum Gasteiger partial charge on any atom is -0.465 e. The molecule has 23 heavy (non-hydrogen) atoms. The molecule has 0 aliphatic heterocycles. The number of aryl methyl sites for hydroxylation is 1. The van der Waals surface area contributed by atoms with Crippen LogP contribution >= 0.6 is 0 Å². The highest BCUT2D eigenvalue weighted by Gasteiger charge is 2.14. The smallest absolute Gasteiger partial charge is 0.337 e. The standard InChI is InChI=1S/C16H16N2O4S/c1-12-5-3-4-6-15(12)23(20,21)18-17-11-13-7-9-14(10-8-13)16(19)22-2/h3-11,18H,1-2H3. The van der Waals surface area contributed by atoms with E-state index >= 15 is 0 Å². The molecule has 2 aromatic rings. The number of esters is 1. The van der Waals surface area contributed by atoms with Crippen molar-refractivity contribution in [1.29, 1.82) is 0 Å². The van der Waals surface area contributed by atoms with Gasteiger partial charge in [-0.3, -0.25) is 0 Å². The van der Waals surface area contributed by atoms with E-state index in [1.807, 2.05) is 0 Å². The summed E-state index contributed by atoms with van der Waals surface area (Å²) in [4.78, 5) is 13.7. The number of nitrogens with zero attached hydrogens (tertiary/aromatic N) is 1. The third-order valence-electron chi connectivity index (χ3n) is 3.10. The van der Waals surface area contributed by atoms with Gasteiger partial charge in [-0.05, 0) is 36.2 Å². The molecule has 0 unspecified atom stereocenters. The maximum atomic E-state index is 12.1. The van der Waals surface area contributed by atoms with Crippen LogP contribution < -0.4 is 4.83 Å². The van der Waals surface area contributed by atoms with Crippen molar-refractivity contribution < 1.29 is 17.9 Å². The Morgan fingerprint density at radius 1 is 1.13 bits per heavy atom. The minimum atomic E-state index is -3.71. The Hall–Kier alpha value is -2.67. The summed E-state index contributed by atoms with van der Waals surface area (Å²) >= 11 is 0. The second-order valence-electron chi connectivity index (χ2n) is 4.73. The zero-order chi connectivity index (χ0) is 16.9. The summed E-state index contributed by atoms with van der Waals surface area (Å²) in [5.41, 5.74) is 1.69. The van der Waals surface area contributed by atoms with Gasteiger partial charge in [-0.15, -0.1) is 0 Å². The highest BCUT2D eigenvalue weighted by Crippen LogP contribution is 2.13. The number of rotatable bonds is 5. The molecule has 1 N–H and O–H groups in total. The summed E-state index contributed by atoms with van der Waals surface area (Å²) in [6, 6.07) is 13.1. The zero-order valence-corrected chi connectivity index (χ0v) is 13.5. The lowest BCUT2D eigenvalue weighted by molar-refractivity contribution is 0.0600. The molecule has 0 bridgehead atoms. The lowest BCUT2D eigenvalue weighted by Gasteiger charge is -2.06. The second kappa shape index (κ2) is 7.06. The number of hydrazone groups is 1. The van der Waals surface area contributed by atoms with E-state index in [1.165, 1.54) is 19.4 Å². The summed E-state index contributed by atoms with van der Waals surface area (Å²) in [5.74, 6) is -0.436. The molecule has 0 aliphatic carbocycles. The number of hydrogen-bond acceptors (Lipinski definition) is 5. The molecule has 2 aromatic carbocycles. The van der Waals surface area contributed by atoms with Crippen LogP contribution in [0.15, 0.2) is 58.5 Å². The molecule has 6 nitrogen and oxygen atoms in total. The zero-order valence-electron chi connectivity index (χ0n) is 12.7. The van der Waals surface area contributed by atoms with Crippen molar-refractivity contribution in [3.05, 3.63) is 65.2 Å². The maximum Gasteiger partial charge on any atom is 0.337 e. The van der Waals surface area contributed by atoms with Crippen molar-refractivity contribution >= 4 is 22.2 Å². The van der Waals surface area contributed by atoms with Crippen molar-refractivity contribution in [3.63, 3.8) is 0 Å². The first-order valence-corrected chi connectivity index (χ1v) is 8.21. The van der Waals surface area contributed by atoms with E-state index in [9.17, 15) is 13.2 Å². The molecule has 0 heterocycles. The molecule has 0 saturated heterocycles. The van der Waals surface area contributed by atoms with Gasteiger partial charge in [0.05, 0.1) is 23.8 Å². The topological polar surface area (TPSA) is 84.8 Å². The van der Waals surface area contributed by atoms with Gasteiger partial charge < -0.3 is 4.74 Å². The highest BCUT2D eigenvalue weighted by atomic mass is 32.2. The molecule has 0 aromatic heterocycles. The average Bonchev–Trinajstić information content (AvgIpc) is 2.55. The van der Waals surface area contributed by atoms with E-state index < -0.39 is 16.0 Å². The number of carbonyl (C=O) groups excluding carboxylic acids is 1. The van der Waals surface area contributed by atoms with Gasteiger partial charge in [-0.2, -0.15) is 13.5 Å². The summed E-state index contributed by atoms with van der Waals surface area (Å²) in [6.07, 6.45) is 1.36. The van der Waals surface area contributed by atoms with E-state index in [1.54, 1.807) is 49.4 Å². The van der Waals surface area contributed by atoms with Crippen LogP contribution in [-0.2, 0) is 14.8 Å². The third-order valence-corrected chi connectivity index (χ3v) is 4.48. The first kappa shape index (κ1) is 16.7. The Bertz CT molecular complexity index is 827. The fraction of sp³-hybridized carbons (Fsp3) is 0.125. The van der Waals surface area contributed by atoms with Crippen LogP contribution in [0.25, 0.3) is 0 Å². The maximum absolute atomic E-state index is 12.1. The molecular weight excluding hydrogens is 316 g/mol. The van der Waals surface area contributed by atoms with E-state index in [0.717, 1.165) is 0 Å². The van der Waals surface area contributed by atoms with Crippen LogP contribution in [0.5, 0.6) is 0 Å². The molecule has 7 heteroatoms. The lowest BCUT2D eigenvalue weighted by Crippen LogP contribution is -2.19. The van der Waals surface area contributed by atoms with E-state index in [-0.39, 0.29) is 4.90 Å². The lowest BCUT2D eigenvalue weighted by atomic mass is 10.1. The number of carbonyl (C=O) groups is 1. The first-order valence-electron chi connectivity index (χ1n) is 6.73. The number of benzene rings is 2. The molecule has 0 atom stereocenters. The van der Waals surface area contributed by atoms with E-state index in [4.69, 9.17) is 0 Å². The van der Waals surface area contributed by atoms with Gasteiger partial charge in [0.1, 0.15) is 0 Å². The van der Waals surface area contributed by atoms with Gasteiger partial charge in [0.25, 0.3) is 10.0 Å². The van der Waals surface area contributed by atoms with E-state index in [0.29, 0.717) is 16.7 Å². The monoisotopic (exact) mass is 332 g/mol. The molecule has 2 rings (SSSR count). The fourth-order valence-corrected chi connectivity index (χ4v) is 2.94. The van der Waals surface area contributed by atoms with E-state index in [2.05, 4.69) is 14.7 Å². The molecular formula is C16H16N2O4S. The average molecular weight is 332 g/mol. The van der Waals surface area contributed by atoms with Crippen molar-refractivity contribution in [1.82, 2.24) is 4.83 Å². The summed E-state index contributed by atoms with van der Waals surface area (Å²) in [7, 11) is -2.41. The Balaban J connectivity index is 2.09.